The first-order valence-corrected chi connectivity index (χ1v) is 11.3. The topological polar surface area (TPSA) is 64.2 Å². The van der Waals surface area contributed by atoms with Gasteiger partial charge in [-0.25, -0.2) is 8.42 Å². The summed E-state index contributed by atoms with van der Waals surface area (Å²) < 4.78 is 26.5. The van der Waals surface area contributed by atoms with Crippen molar-refractivity contribution in [1.82, 2.24) is 19.0 Å². The van der Waals surface area contributed by atoms with Gasteiger partial charge in [0, 0.05) is 65.3 Å². The van der Waals surface area contributed by atoms with E-state index in [-0.39, 0.29) is 18.1 Å². The van der Waals surface area contributed by atoms with Gasteiger partial charge in [-0.2, -0.15) is 4.31 Å². The third-order valence-corrected chi connectivity index (χ3v) is 7.28. The fourth-order valence-electron chi connectivity index (χ4n) is 3.57. The molecule has 3 rings (SSSR count). The Hall–Kier alpha value is -1.48. The van der Waals surface area contributed by atoms with Crippen molar-refractivity contribution in [1.29, 1.82) is 0 Å². The summed E-state index contributed by atoms with van der Waals surface area (Å²) in [4.78, 5) is 18.7. The van der Waals surface area contributed by atoms with Gasteiger partial charge < -0.3 is 9.80 Å². The molecule has 0 N–H and O–H groups in total. The molecular formula is C19H30N4O3S. The van der Waals surface area contributed by atoms with Crippen LogP contribution in [0.5, 0.6) is 0 Å². The molecule has 7 nitrogen and oxygen atoms in total. The monoisotopic (exact) mass is 394 g/mol. The first-order valence-electron chi connectivity index (χ1n) is 9.64. The third-order valence-electron chi connectivity index (χ3n) is 5.40. The first-order chi connectivity index (χ1) is 12.9. The third kappa shape index (κ3) is 5.75. The molecule has 0 aliphatic carbocycles. The Morgan fingerprint density at radius 3 is 2.19 bits per heavy atom. The van der Waals surface area contributed by atoms with E-state index in [0.717, 1.165) is 32.7 Å². The van der Waals surface area contributed by atoms with Crippen LogP contribution in [-0.4, -0.2) is 98.5 Å². The van der Waals surface area contributed by atoms with E-state index in [2.05, 4.69) is 21.9 Å². The van der Waals surface area contributed by atoms with Crippen LogP contribution < -0.4 is 0 Å². The normalized spacial score (nSPS) is 20.7. The predicted molar refractivity (Wildman–Crippen MR) is 106 cm³/mol. The van der Waals surface area contributed by atoms with E-state index in [1.807, 2.05) is 25.2 Å². The second-order valence-corrected chi connectivity index (χ2v) is 9.50. The zero-order valence-corrected chi connectivity index (χ0v) is 16.9. The maximum Gasteiger partial charge on any atom is 0.223 e. The number of amides is 1. The molecular weight excluding hydrogens is 364 g/mol. The molecule has 2 aliphatic rings. The van der Waals surface area contributed by atoms with Crippen molar-refractivity contribution in [2.75, 3.05) is 65.2 Å². The molecule has 2 heterocycles. The molecule has 0 aromatic heterocycles. The van der Waals surface area contributed by atoms with E-state index in [1.54, 1.807) is 4.90 Å². The second-order valence-electron chi connectivity index (χ2n) is 7.41. The molecule has 27 heavy (non-hydrogen) atoms. The van der Waals surface area contributed by atoms with Gasteiger partial charge in [0.25, 0.3) is 0 Å². The van der Waals surface area contributed by atoms with Gasteiger partial charge in [0.15, 0.2) is 0 Å². The van der Waals surface area contributed by atoms with E-state index in [9.17, 15) is 13.2 Å². The maximum absolute atomic E-state index is 12.5. The van der Waals surface area contributed by atoms with Crippen molar-refractivity contribution in [2.24, 2.45) is 0 Å². The molecule has 2 fully saturated rings. The summed E-state index contributed by atoms with van der Waals surface area (Å²) in [6.45, 7) is 6.41. The van der Waals surface area contributed by atoms with Gasteiger partial charge in [-0.1, -0.05) is 30.3 Å². The highest BCUT2D eigenvalue weighted by molar-refractivity contribution is 7.89. The Morgan fingerprint density at radius 1 is 0.926 bits per heavy atom. The van der Waals surface area contributed by atoms with Crippen molar-refractivity contribution in [2.45, 2.75) is 13.0 Å². The van der Waals surface area contributed by atoms with E-state index in [1.165, 1.54) is 9.87 Å². The van der Waals surface area contributed by atoms with Gasteiger partial charge >= 0.3 is 0 Å². The standard InChI is InChI=1S/C19H30N4O3S/c1-20-8-14-23(15-9-20)27(25,26)16-7-19(24)22-12-10-21(11-13-22)17-18-5-3-2-4-6-18/h2-6H,7-17H2,1H3. The molecule has 2 aliphatic heterocycles. The largest absolute Gasteiger partial charge is 0.340 e. The highest BCUT2D eigenvalue weighted by Gasteiger charge is 2.28. The lowest BCUT2D eigenvalue weighted by Crippen LogP contribution is -2.50. The predicted octanol–water partition coefficient (Wildman–Crippen LogP) is 0.298. The Bertz CT molecular complexity index is 710. The van der Waals surface area contributed by atoms with Gasteiger partial charge in [0.2, 0.25) is 15.9 Å². The van der Waals surface area contributed by atoms with Crippen LogP contribution in [0.15, 0.2) is 30.3 Å². The van der Waals surface area contributed by atoms with Crippen molar-refractivity contribution >= 4 is 15.9 Å². The fourth-order valence-corrected chi connectivity index (χ4v) is 4.98. The highest BCUT2D eigenvalue weighted by atomic mass is 32.2. The van der Waals surface area contributed by atoms with E-state index in [4.69, 9.17) is 0 Å². The number of carbonyl (C=O) groups excluding carboxylic acids is 1. The minimum Gasteiger partial charge on any atom is -0.340 e. The molecule has 0 atom stereocenters. The molecule has 1 amide bonds. The van der Waals surface area contributed by atoms with Crippen LogP contribution in [0.4, 0.5) is 0 Å². The molecule has 1 aromatic rings. The number of likely N-dealkylation sites (N-methyl/N-ethyl adjacent to an activating group) is 1. The van der Waals surface area contributed by atoms with E-state index < -0.39 is 10.0 Å². The number of piperazine rings is 2. The second kappa shape index (κ2) is 9.14. The summed E-state index contributed by atoms with van der Waals surface area (Å²) in [6, 6.07) is 10.3. The molecule has 0 spiro atoms. The first kappa shape index (κ1) is 20.3. The molecule has 150 valence electrons. The molecule has 0 unspecified atom stereocenters. The Balaban J connectivity index is 1.41. The van der Waals surface area contributed by atoms with Crippen LogP contribution in [0.25, 0.3) is 0 Å². The number of benzene rings is 1. The van der Waals surface area contributed by atoms with Crippen molar-refractivity contribution in [3.8, 4) is 0 Å². The summed E-state index contributed by atoms with van der Waals surface area (Å²) in [6.07, 6.45) is 0.0767. The van der Waals surface area contributed by atoms with Crippen LogP contribution in [0.1, 0.15) is 12.0 Å². The van der Waals surface area contributed by atoms with Crippen LogP contribution in [0.2, 0.25) is 0 Å². The molecule has 1 aromatic carbocycles. The zero-order valence-electron chi connectivity index (χ0n) is 16.1. The molecule has 8 heteroatoms. The Kier molecular flexibility index (Phi) is 6.86. The van der Waals surface area contributed by atoms with Gasteiger partial charge in [-0.15, -0.1) is 0 Å². The lowest BCUT2D eigenvalue weighted by Gasteiger charge is -2.35. The molecule has 0 bridgehead atoms. The van der Waals surface area contributed by atoms with Gasteiger partial charge in [-0.05, 0) is 12.6 Å². The van der Waals surface area contributed by atoms with Crippen LogP contribution in [-0.2, 0) is 21.4 Å². The van der Waals surface area contributed by atoms with Crippen molar-refractivity contribution < 1.29 is 13.2 Å². The number of carbonyl (C=O) groups is 1. The van der Waals surface area contributed by atoms with Crippen LogP contribution in [0.3, 0.4) is 0 Å². The van der Waals surface area contributed by atoms with Crippen LogP contribution in [0, 0.1) is 0 Å². The van der Waals surface area contributed by atoms with E-state index in [0.29, 0.717) is 26.2 Å². The smallest absolute Gasteiger partial charge is 0.223 e. The minimum atomic E-state index is -3.34. The average Bonchev–Trinajstić information content (AvgIpc) is 2.68. The van der Waals surface area contributed by atoms with Crippen LogP contribution >= 0.6 is 0 Å². The lowest BCUT2D eigenvalue weighted by atomic mass is 10.2. The SMILES string of the molecule is CN1CCN(S(=O)(=O)CCC(=O)N2CCN(Cc3ccccc3)CC2)CC1. The maximum atomic E-state index is 12.5. The summed E-state index contributed by atoms with van der Waals surface area (Å²) in [5.41, 5.74) is 1.27. The number of nitrogens with zero attached hydrogens (tertiary/aromatic N) is 4. The minimum absolute atomic E-state index is 0.0490. The number of hydrogen-bond donors (Lipinski definition) is 0. The number of sulfonamides is 1. The highest BCUT2D eigenvalue weighted by Crippen LogP contribution is 2.12. The van der Waals surface area contributed by atoms with E-state index >= 15 is 0 Å². The lowest BCUT2D eigenvalue weighted by molar-refractivity contribution is -0.132. The fraction of sp³-hybridized carbons (Fsp3) is 0.632. The quantitative estimate of drug-likeness (QED) is 0.694. The summed E-state index contributed by atoms with van der Waals surface area (Å²) in [5, 5.41) is 0. The van der Waals surface area contributed by atoms with Gasteiger partial charge in [0.1, 0.15) is 0 Å². The molecule has 0 radical (unpaired) electrons. The Labute approximate surface area is 162 Å². The molecule has 2 saturated heterocycles. The van der Waals surface area contributed by atoms with Gasteiger partial charge in [-0.3, -0.25) is 9.69 Å². The summed E-state index contributed by atoms with van der Waals surface area (Å²) in [7, 11) is -1.35. The molecule has 0 saturated carbocycles. The average molecular weight is 395 g/mol. The summed E-state index contributed by atoms with van der Waals surface area (Å²) >= 11 is 0. The number of hydrogen-bond acceptors (Lipinski definition) is 5. The van der Waals surface area contributed by atoms with Crippen molar-refractivity contribution in [3.05, 3.63) is 35.9 Å². The Morgan fingerprint density at radius 2 is 1.56 bits per heavy atom. The van der Waals surface area contributed by atoms with Gasteiger partial charge in [0.05, 0.1) is 5.75 Å². The van der Waals surface area contributed by atoms with Crippen molar-refractivity contribution in [3.63, 3.8) is 0 Å². The zero-order chi connectivity index (χ0) is 19.3. The summed E-state index contributed by atoms with van der Waals surface area (Å²) in [5.74, 6) is -0.133. The number of rotatable bonds is 6.